The Hall–Kier alpha value is -2.63. The number of hydrogen-bond donors (Lipinski definition) is 1. The summed E-state index contributed by atoms with van der Waals surface area (Å²) in [4.78, 5) is 22.8. The van der Waals surface area contributed by atoms with Gasteiger partial charge in [-0.3, -0.25) is 4.79 Å². The highest BCUT2D eigenvalue weighted by atomic mass is 16.5. The molecular weight excluding hydrogens is 318 g/mol. The van der Waals surface area contributed by atoms with Crippen LogP contribution in [0.15, 0.2) is 24.3 Å². The van der Waals surface area contributed by atoms with Crippen molar-refractivity contribution in [2.75, 3.05) is 25.1 Å². The average molecular weight is 341 g/mol. The number of anilines is 1. The summed E-state index contributed by atoms with van der Waals surface area (Å²) in [5, 5.41) is 9.34. The predicted molar refractivity (Wildman–Crippen MR) is 96.1 cm³/mol. The van der Waals surface area contributed by atoms with Crippen LogP contribution in [0, 0.1) is 19.8 Å². The molecule has 2 aromatic rings. The van der Waals surface area contributed by atoms with E-state index in [0.29, 0.717) is 12.4 Å². The zero-order valence-corrected chi connectivity index (χ0v) is 14.8. The highest BCUT2D eigenvalue weighted by molar-refractivity contribution is 5.71. The van der Waals surface area contributed by atoms with Crippen LogP contribution >= 0.6 is 0 Å². The zero-order valence-electron chi connectivity index (χ0n) is 14.8. The number of carbonyl (C=O) groups is 1. The van der Waals surface area contributed by atoms with E-state index in [1.165, 1.54) is 0 Å². The standard InChI is InChI=1S/C19H23N3O3/c1-12-13(2)20-17(14-6-8-16(25-3)9-7-14)21-18(12)22-10-4-5-15(11-22)19(23)24/h6-9,15H,4-5,10-11H2,1-3H3,(H,23,24). The predicted octanol–water partition coefficient (Wildman–Crippen LogP) is 3.07. The second-order valence-corrected chi connectivity index (χ2v) is 6.43. The van der Waals surface area contributed by atoms with Gasteiger partial charge in [0, 0.05) is 29.9 Å². The van der Waals surface area contributed by atoms with E-state index in [0.717, 1.165) is 47.8 Å². The maximum atomic E-state index is 11.4. The van der Waals surface area contributed by atoms with Gasteiger partial charge in [-0.2, -0.15) is 0 Å². The van der Waals surface area contributed by atoms with Gasteiger partial charge in [0.2, 0.25) is 0 Å². The Bertz CT molecular complexity index is 774. The third-order valence-corrected chi connectivity index (χ3v) is 4.78. The van der Waals surface area contributed by atoms with Gasteiger partial charge in [-0.1, -0.05) is 0 Å². The molecule has 0 spiro atoms. The van der Waals surface area contributed by atoms with Gasteiger partial charge in [0.15, 0.2) is 5.82 Å². The lowest BCUT2D eigenvalue weighted by Gasteiger charge is -2.33. The number of piperidine rings is 1. The van der Waals surface area contributed by atoms with Gasteiger partial charge < -0.3 is 14.7 Å². The van der Waals surface area contributed by atoms with Gasteiger partial charge >= 0.3 is 5.97 Å². The van der Waals surface area contributed by atoms with Gasteiger partial charge in [0.25, 0.3) is 0 Å². The molecule has 1 aliphatic rings. The highest BCUT2D eigenvalue weighted by Gasteiger charge is 2.27. The minimum atomic E-state index is -0.733. The first-order chi connectivity index (χ1) is 12.0. The molecule has 25 heavy (non-hydrogen) atoms. The van der Waals surface area contributed by atoms with Gasteiger partial charge in [0.1, 0.15) is 11.6 Å². The van der Waals surface area contributed by atoms with Crippen molar-refractivity contribution in [2.45, 2.75) is 26.7 Å². The summed E-state index contributed by atoms with van der Waals surface area (Å²) in [7, 11) is 1.63. The van der Waals surface area contributed by atoms with E-state index >= 15 is 0 Å². The maximum absolute atomic E-state index is 11.4. The van der Waals surface area contributed by atoms with Crippen LogP contribution in [-0.2, 0) is 4.79 Å². The quantitative estimate of drug-likeness (QED) is 0.921. The van der Waals surface area contributed by atoms with E-state index < -0.39 is 5.97 Å². The smallest absolute Gasteiger partial charge is 0.308 e. The molecule has 1 aromatic heterocycles. The molecule has 0 radical (unpaired) electrons. The number of benzene rings is 1. The van der Waals surface area contributed by atoms with Crippen molar-refractivity contribution < 1.29 is 14.6 Å². The molecule has 0 amide bonds. The van der Waals surface area contributed by atoms with Crippen molar-refractivity contribution in [3.63, 3.8) is 0 Å². The van der Waals surface area contributed by atoms with E-state index in [1.807, 2.05) is 38.1 Å². The molecule has 3 rings (SSSR count). The number of rotatable bonds is 4. The number of hydrogen-bond acceptors (Lipinski definition) is 5. The molecule has 0 aliphatic carbocycles. The van der Waals surface area contributed by atoms with Crippen LogP contribution in [0.2, 0.25) is 0 Å². The molecule has 2 heterocycles. The molecule has 1 atom stereocenters. The fraction of sp³-hybridized carbons (Fsp3) is 0.421. The molecule has 1 N–H and O–H groups in total. The Labute approximate surface area is 147 Å². The van der Waals surface area contributed by atoms with Crippen molar-refractivity contribution in [3.05, 3.63) is 35.5 Å². The largest absolute Gasteiger partial charge is 0.497 e. The Morgan fingerprint density at radius 2 is 1.96 bits per heavy atom. The number of aliphatic carboxylic acids is 1. The summed E-state index contributed by atoms with van der Waals surface area (Å²) in [6.45, 7) is 5.27. The lowest BCUT2D eigenvalue weighted by Crippen LogP contribution is -2.39. The Morgan fingerprint density at radius 1 is 1.24 bits per heavy atom. The van der Waals surface area contributed by atoms with Gasteiger partial charge in [-0.05, 0) is 51.0 Å². The van der Waals surface area contributed by atoms with Crippen LogP contribution in [0.4, 0.5) is 5.82 Å². The first kappa shape index (κ1) is 17.2. The monoisotopic (exact) mass is 341 g/mol. The second kappa shape index (κ2) is 7.09. The van der Waals surface area contributed by atoms with Gasteiger partial charge in [-0.25, -0.2) is 9.97 Å². The van der Waals surface area contributed by atoms with Crippen molar-refractivity contribution in [2.24, 2.45) is 5.92 Å². The molecule has 0 bridgehead atoms. The van der Waals surface area contributed by atoms with Crippen molar-refractivity contribution in [1.29, 1.82) is 0 Å². The van der Waals surface area contributed by atoms with Crippen LogP contribution < -0.4 is 9.64 Å². The van der Waals surface area contributed by atoms with E-state index in [1.54, 1.807) is 7.11 Å². The third-order valence-electron chi connectivity index (χ3n) is 4.78. The van der Waals surface area contributed by atoms with Gasteiger partial charge in [-0.15, -0.1) is 0 Å². The molecule has 1 unspecified atom stereocenters. The molecule has 6 heteroatoms. The van der Waals surface area contributed by atoms with E-state index in [2.05, 4.69) is 9.88 Å². The molecule has 1 fully saturated rings. The molecule has 0 saturated carbocycles. The SMILES string of the molecule is COc1ccc(-c2nc(C)c(C)c(N3CCCC(C(=O)O)C3)n2)cc1. The van der Waals surface area contributed by atoms with Crippen molar-refractivity contribution in [1.82, 2.24) is 9.97 Å². The average Bonchev–Trinajstić information content (AvgIpc) is 2.64. The molecule has 1 aromatic carbocycles. The topological polar surface area (TPSA) is 75.5 Å². The lowest BCUT2D eigenvalue weighted by molar-refractivity contribution is -0.141. The minimum absolute atomic E-state index is 0.340. The van der Waals surface area contributed by atoms with Gasteiger partial charge in [0.05, 0.1) is 13.0 Å². The first-order valence-electron chi connectivity index (χ1n) is 8.47. The number of carboxylic acids is 1. The number of ether oxygens (including phenoxy) is 1. The summed E-state index contributed by atoms with van der Waals surface area (Å²) in [5.41, 5.74) is 2.83. The van der Waals surface area contributed by atoms with Crippen LogP contribution in [0.1, 0.15) is 24.1 Å². The Kier molecular flexibility index (Phi) is 4.88. The number of methoxy groups -OCH3 is 1. The number of carboxylic acid groups (broad SMARTS) is 1. The molecule has 132 valence electrons. The van der Waals surface area contributed by atoms with Crippen LogP contribution in [-0.4, -0.2) is 41.2 Å². The normalized spacial score (nSPS) is 17.4. The summed E-state index contributed by atoms with van der Waals surface area (Å²) in [6.07, 6.45) is 1.58. The highest BCUT2D eigenvalue weighted by Crippen LogP contribution is 2.29. The van der Waals surface area contributed by atoms with Crippen LogP contribution in [0.3, 0.4) is 0 Å². The summed E-state index contributed by atoms with van der Waals surface area (Å²) >= 11 is 0. The van der Waals surface area contributed by atoms with E-state index in [-0.39, 0.29) is 5.92 Å². The summed E-state index contributed by atoms with van der Waals surface area (Å²) < 4.78 is 5.20. The fourth-order valence-electron chi connectivity index (χ4n) is 3.16. The van der Waals surface area contributed by atoms with E-state index in [9.17, 15) is 9.90 Å². The Morgan fingerprint density at radius 3 is 2.60 bits per heavy atom. The fourth-order valence-corrected chi connectivity index (χ4v) is 3.16. The third kappa shape index (κ3) is 3.57. The minimum Gasteiger partial charge on any atom is -0.497 e. The number of nitrogens with zero attached hydrogens (tertiary/aromatic N) is 3. The molecule has 1 aliphatic heterocycles. The summed E-state index contributed by atoms with van der Waals surface area (Å²) in [5.74, 6) is 1.20. The molecule has 1 saturated heterocycles. The molecular formula is C19H23N3O3. The van der Waals surface area contributed by atoms with Crippen molar-refractivity contribution in [3.8, 4) is 17.1 Å². The number of aromatic nitrogens is 2. The Balaban J connectivity index is 1.96. The maximum Gasteiger partial charge on any atom is 0.308 e. The van der Waals surface area contributed by atoms with Crippen LogP contribution in [0.25, 0.3) is 11.4 Å². The summed E-state index contributed by atoms with van der Waals surface area (Å²) in [6, 6.07) is 7.63. The van der Waals surface area contributed by atoms with Crippen molar-refractivity contribution >= 4 is 11.8 Å². The zero-order chi connectivity index (χ0) is 18.0. The first-order valence-corrected chi connectivity index (χ1v) is 8.47. The second-order valence-electron chi connectivity index (χ2n) is 6.43. The lowest BCUT2D eigenvalue weighted by atomic mass is 9.98. The van der Waals surface area contributed by atoms with E-state index in [4.69, 9.17) is 9.72 Å². The molecule has 6 nitrogen and oxygen atoms in total. The van der Waals surface area contributed by atoms with Crippen LogP contribution in [0.5, 0.6) is 5.75 Å². The number of aryl methyl sites for hydroxylation is 1.